The van der Waals surface area contributed by atoms with E-state index >= 15 is 0 Å². The lowest BCUT2D eigenvalue weighted by Gasteiger charge is -2.10. The number of halogens is 3. The second-order valence-electron chi connectivity index (χ2n) is 4.43. The summed E-state index contributed by atoms with van der Waals surface area (Å²) < 4.78 is 36.9. The van der Waals surface area contributed by atoms with Crippen molar-refractivity contribution < 1.29 is 13.2 Å². The van der Waals surface area contributed by atoms with Crippen molar-refractivity contribution in [1.82, 2.24) is 9.97 Å². The summed E-state index contributed by atoms with van der Waals surface area (Å²) in [5.41, 5.74) is -1.82. The molecule has 1 aromatic heterocycles. The molecule has 0 saturated carbocycles. The molecule has 2 aromatic rings. The van der Waals surface area contributed by atoms with Gasteiger partial charge in [0.05, 0.1) is 0 Å². The van der Waals surface area contributed by atoms with Gasteiger partial charge in [0, 0.05) is 28.8 Å². The lowest BCUT2D eigenvalue weighted by molar-refractivity contribution is -0.0328. The van der Waals surface area contributed by atoms with Crippen molar-refractivity contribution in [2.24, 2.45) is 0 Å². The zero-order valence-electron chi connectivity index (χ0n) is 11.7. The third-order valence-corrected chi connectivity index (χ3v) is 3.71. The molecular weight excluding hydrogens is 299 g/mol. The molecule has 1 heterocycles. The fraction of sp³-hybridized carbons (Fsp3) is 0.286. The average Bonchev–Trinajstić information content (AvgIpc) is 2.41. The van der Waals surface area contributed by atoms with Gasteiger partial charge in [0.2, 0.25) is 0 Å². The van der Waals surface area contributed by atoms with Crippen molar-refractivity contribution in [3.8, 4) is 11.4 Å². The van der Waals surface area contributed by atoms with Gasteiger partial charge in [-0.3, -0.25) is 0 Å². The largest absolute Gasteiger partial charge is 0.446 e. The zero-order chi connectivity index (χ0) is 15.6. The summed E-state index contributed by atoms with van der Waals surface area (Å²) in [6.07, 6.45) is 0. The van der Waals surface area contributed by atoms with E-state index in [9.17, 15) is 13.2 Å². The van der Waals surface area contributed by atoms with Crippen LogP contribution >= 0.6 is 11.8 Å². The molecule has 0 aliphatic heterocycles. The first-order valence-electron chi connectivity index (χ1n) is 6.19. The van der Waals surface area contributed by atoms with E-state index in [4.69, 9.17) is 0 Å². The summed E-state index contributed by atoms with van der Waals surface area (Å²) in [6.45, 7) is 3.78. The molecule has 21 heavy (non-hydrogen) atoms. The molecule has 0 spiro atoms. The summed E-state index contributed by atoms with van der Waals surface area (Å²) >= 11 is -0.135. The summed E-state index contributed by atoms with van der Waals surface area (Å²) in [6, 6.07) is 6.03. The number of anilines is 1. The van der Waals surface area contributed by atoms with Gasteiger partial charge in [-0.2, -0.15) is 13.2 Å². The molecule has 112 valence electrons. The number of aryl methyl sites for hydroxylation is 1. The molecule has 0 aliphatic carbocycles. The van der Waals surface area contributed by atoms with E-state index in [-0.39, 0.29) is 16.7 Å². The standard InChI is InChI=1S/C14H14F3N3S/c1-8-9(2)19-13(20-12(8)18-3)10-4-6-11(7-5-10)21-14(15,16)17/h4-7H,1-3H3,(H,18,19,20). The Morgan fingerprint density at radius 3 is 2.19 bits per heavy atom. The van der Waals surface area contributed by atoms with Gasteiger partial charge >= 0.3 is 5.51 Å². The van der Waals surface area contributed by atoms with Crippen molar-refractivity contribution >= 4 is 17.6 Å². The molecule has 0 radical (unpaired) electrons. The van der Waals surface area contributed by atoms with Crippen LogP contribution in [0.2, 0.25) is 0 Å². The minimum absolute atomic E-state index is 0.135. The summed E-state index contributed by atoms with van der Waals surface area (Å²) in [5.74, 6) is 1.21. The smallest absolute Gasteiger partial charge is 0.373 e. The second-order valence-corrected chi connectivity index (χ2v) is 5.57. The van der Waals surface area contributed by atoms with Crippen LogP contribution in [-0.2, 0) is 0 Å². The molecule has 1 N–H and O–H groups in total. The molecule has 7 heteroatoms. The first kappa shape index (κ1) is 15.6. The molecule has 0 saturated heterocycles. The van der Waals surface area contributed by atoms with E-state index in [2.05, 4.69) is 15.3 Å². The van der Waals surface area contributed by atoms with Crippen LogP contribution in [0.3, 0.4) is 0 Å². The predicted molar refractivity (Wildman–Crippen MR) is 78.4 cm³/mol. The third kappa shape index (κ3) is 3.87. The molecule has 3 nitrogen and oxygen atoms in total. The molecule has 0 amide bonds. The molecule has 0 unspecified atom stereocenters. The molecule has 0 atom stereocenters. The van der Waals surface area contributed by atoms with Crippen LogP contribution in [0.4, 0.5) is 19.0 Å². The van der Waals surface area contributed by atoms with Crippen LogP contribution in [0.5, 0.6) is 0 Å². The van der Waals surface area contributed by atoms with Crippen LogP contribution < -0.4 is 5.32 Å². The van der Waals surface area contributed by atoms with Crippen LogP contribution in [-0.4, -0.2) is 22.5 Å². The Morgan fingerprint density at radius 2 is 1.67 bits per heavy atom. The first-order valence-corrected chi connectivity index (χ1v) is 7.01. The number of aromatic nitrogens is 2. The maximum absolute atomic E-state index is 12.3. The second kappa shape index (κ2) is 5.93. The highest BCUT2D eigenvalue weighted by molar-refractivity contribution is 8.00. The van der Waals surface area contributed by atoms with Crippen LogP contribution in [0.15, 0.2) is 29.2 Å². The number of nitrogens with zero attached hydrogens (tertiary/aromatic N) is 2. The maximum atomic E-state index is 12.3. The predicted octanol–water partition coefficient (Wildman–Crippen LogP) is 4.41. The number of hydrogen-bond acceptors (Lipinski definition) is 4. The monoisotopic (exact) mass is 313 g/mol. The third-order valence-electron chi connectivity index (χ3n) is 2.97. The minimum atomic E-state index is -4.28. The Bertz CT molecular complexity index is 639. The van der Waals surface area contributed by atoms with E-state index in [1.54, 1.807) is 19.2 Å². The SMILES string of the molecule is CNc1nc(-c2ccc(SC(F)(F)F)cc2)nc(C)c1C. The number of rotatable bonds is 3. The van der Waals surface area contributed by atoms with Gasteiger partial charge in [0.15, 0.2) is 5.82 Å². The normalized spacial score (nSPS) is 11.5. The van der Waals surface area contributed by atoms with Crippen molar-refractivity contribution in [3.05, 3.63) is 35.5 Å². The van der Waals surface area contributed by atoms with Crippen molar-refractivity contribution in [2.45, 2.75) is 24.3 Å². The van der Waals surface area contributed by atoms with Gasteiger partial charge < -0.3 is 5.32 Å². The number of alkyl halides is 3. The van der Waals surface area contributed by atoms with Gasteiger partial charge in [0.25, 0.3) is 0 Å². The molecule has 0 bridgehead atoms. The highest BCUT2D eigenvalue weighted by atomic mass is 32.2. The Labute approximate surface area is 125 Å². The summed E-state index contributed by atoms with van der Waals surface area (Å²) in [5, 5.41) is 2.98. The zero-order valence-corrected chi connectivity index (χ0v) is 12.6. The maximum Gasteiger partial charge on any atom is 0.446 e. The number of benzene rings is 1. The van der Waals surface area contributed by atoms with Gasteiger partial charge in [-0.05, 0) is 37.7 Å². The van der Waals surface area contributed by atoms with E-state index in [1.807, 2.05) is 13.8 Å². The fourth-order valence-corrected chi connectivity index (χ4v) is 2.35. The van der Waals surface area contributed by atoms with Crippen LogP contribution in [0.25, 0.3) is 11.4 Å². The molecule has 1 aromatic carbocycles. The van der Waals surface area contributed by atoms with Crippen LogP contribution in [0.1, 0.15) is 11.3 Å². The summed E-state index contributed by atoms with van der Waals surface area (Å²) in [4.78, 5) is 8.89. The first-order chi connectivity index (χ1) is 9.80. The van der Waals surface area contributed by atoms with Crippen molar-refractivity contribution in [1.29, 1.82) is 0 Å². The highest BCUT2D eigenvalue weighted by Gasteiger charge is 2.29. The Kier molecular flexibility index (Phi) is 4.41. The van der Waals surface area contributed by atoms with Gasteiger partial charge in [-0.25, -0.2) is 9.97 Å². The van der Waals surface area contributed by atoms with Gasteiger partial charge in [0.1, 0.15) is 5.82 Å². The van der Waals surface area contributed by atoms with Crippen LogP contribution in [0, 0.1) is 13.8 Å². The number of thioether (sulfide) groups is 1. The Hall–Kier alpha value is -1.76. The van der Waals surface area contributed by atoms with E-state index in [0.29, 0.717) is 17.2 Å². The van der Waals surface area contributed by atoms with E-state index in [1.165, 1.54) is 12.1 Å². The lowest BCUT2D eigenvalue weighted by atomic mass is 10.2. The summed E-state index contributed by atoms with van der Waals surface area (Å²) in [7, 11) is 1.77. The van der Waals surface area contributed by atoms with E-state index < -0.39 is 5.51 Å². The van der Waals surface area contributed by atoms with Gasteiger partial charge in [-0.1, -0.05) is 12.1 Å². The highest BCUT2D eigenvalue weighted by Crippen LogP contribution is 2.37. The number of nitrogens with one attached hydrogen (secondary N) is 1. The lowest BCUT2D eigenvalue weighted by Crippen LogP contribution is -2.02. The molecule has 0 aliphatic rings. The number of hydrogen-bond donors (Lipinski definition) is 1. The molecule has 0 fully saturated rings. The Morgan fingerprint density at radius 1 is 1.05 bits per heavy atom. The topological polar surface area (TPSA) is 37.8 Å². The quantitative estimate of drug-likeness (QED) is 0.852. The molecule has 2 rings (SSSR count). The molecular formula is C14H14F3N3S. The van der Waals surface area contributed by atoms with Crippen molar-refractivity contribution in [2.75, 3.05) is 12.4 Å². The van der Waals surface area contributed by atoms with Crippen molar-refractivity contribution in [3.63, 3.8) is 0 Å². The minimum Gasteiger partial charge on any atom is -0.373 e. The van der Waals surface area contributed by atoms with Gasteiger partial charge in [-0.15, -0.1) is 0 Å². The fourth-order valence-electron chi connectivity index (χ4n) is 1.81. The van der Waals surface area contributed by atoms with E-state index in [0.717, 1.165) is 11.3 Å². The Balaban J connectivity index is 2.33. The average molecular weight is 313 g/mol.